The lowest BCUT2D eigenvalue weighted by atomic mass is 9.65. The summed E-state index contributed by atoms with van der Waals surface area (Å²) in [6.45, 7) is 8.47. The van der Waals surface area contributed by atoms with E-state index < -0.39 is 5.92 Å². The molecule has 3 aliphatic rings. The van der Waals surface area contributed by atoms with Gasteiger partial charge in [0, 0.05) is 42.7 Å². The Labute approximate surface area is 245 Å². The Morgan fingerprint density at radius 1 is 0.800 bits per heavy atom. The molecule has 2 aliphatic carbocycles. The van der Waals surface area contributed by atoms with E-state index in [0.29, 0.717) is 75.6 Å². The van der Waals surface area contributed by atoms with Crippen LogP contribution >= 0.6 is 23.2 Å². The van der Waals surface area contributed by atoms with Crippen molar-refractivity contribution in [2.75, 3.05) is 14.2 Å². The first-order chi connectivity index (χ1) is 18.8. The van der Waals surface area contributed by atoms with Crippen LogP contribution in [0.1, 0.15) is 70.4 Å². The molecule has 0 amide bonds. The molecule has 0 fully saturated rings. The van der Waals surface area contributed by atoms with E-state index in [2.05, 4.69) is 27.7 Å². The van der Waals surface area contributed by atoms with E-state index in [4.69, 9.17) is 42.1 Å². The van der Waals surface area contributed by atoms with Gasteiger partial charge < -0.3 is 18.9 Å². The quantitative estimate of drug-likeness (QED) is 0.342. The SMILES string of the molecule is COc1cc(C2C3=C(CC(C)(C)CC3=O)OC3=C2C(=O)CC(C)(C)C3)cc(OC)c1OCc1ccc(Cl)c(Cl)c1. The number of ketones is 2. The molecule has 1 heterocycles. The number of carbonyl (C=O) groups excluding carboxylic acids is 2. The summed E-state index contributed by atoms with van der Waals surface area (Å²) >= 11 is 12.2. The van der Waals surface area contributed by atoms with Crippen LogP contribution in [0.25, 0.3) is 0 Å². The van der Waals surface area contributed by atoms with Gasteiger partial charge >= 0.3 is 0 Å². The molecule has 0 N–H and O–H groups in total. The zero-order valence-electron chi connectivity index (χ0n) is 23.7. The van der Waals surface area contributed by atoms with Gasteiger partial charge in [0.15, 0.2) is 23.1 Å². The van der Waals surface area contributed by atoms with Gasteiger partial charge in [-0.1, -0.05) is 57.0 Å². The predicted molar refractivity (Wildman–Crippen MR) is 154 cm³/mol. The molecule has 0 saturated carbocycles. The average Bonchev–Trinajstić information content (AvgIpc) is 2.86. The molecule has 2 aromatic rings. The molecular weight excluding hydrogens is 551 g/mol. The fourth-order valence-corrected chi connectivity index (χ4v) is 6.32. The molecule has 0 saturated heterocycles. The van der Waals surface area contributed by atoms with Crippen LogP contribution in [-0.2, 0) is 20.9 Å². The molecule has 0 bridgehead atoms. The first-order valence-corrected chi connectivity index (χ1v) is 14.1. The Morgan fingerprint density at radius 3 is 1.80 bits per heavy atom. The lowest BCUT2D eigenvalue weighted by Crippen LogP contribution is -2.37. The van der Waals surface area contributed by atoms with Gasteiger partial charge in [-0.3, -0.25) is 9.59 Å². The molecule has 2 aromatic carbocycles. The normalized spacial score (nSPS) is 20.1. The minimum absolute atomic E-state index is 0.00156. The third-order valence-corrected chi connectivity index (χ3v) is 8.50. The topological polar surface area (TPSA) is 71.1 Å². The lowest BCUT2D eigenvalue weighted by Gasteiger charge is -2.42. The van der Waals surface area contributed by atoms with Crippen molar-refractivity contribution in [1.29, 1.82) is 0 Å². The van der Waals surface area contributed by atoms with Crippen LogP contribution in [0.3, 0.4) is 0 Å². The second-order valence-corrected chi connectivity index (χ2v) is 13.2. The first kappa shape index (κ1) is 28.6. The maximum absolute atomic E-state index is 13.6. The van der Waals surface area contributed by atoms with Crippen LogP contribution in [0.15, 0.2) is 53.0 Å². The van der Waals surface area contributed by atoms with Gasteiger partial charge in [-0.2, -0.15) is 0 Å². The second kappa shape index (κ2) is 10.5. The van der Waals surface area contributed by atoms with Crippen LogP contribution in [-0.4, -0.2) is 25.8 Å². The Kier molecular flexibility index (Phi) is 7.47. The largest absolute Gasteiger partial charge is 0.493 e. The summed E-state index contributed by atoms with van der Waals surface area (Å²) in [4.78, 5) is 27.3. The van der Waals surface area contributed by atoms with E-state index in [1.54, 1.807) is 26.4 Å². The highest BCUT2D eigenvalue weighted by Crippen LogP contribution is 2.54. The van der Waals surface area contributed by atoms with Gasteiger partial charge in [-0.25, -0.2) is 0 Å². The summed E-state index contributed by atoms with van der Waals surface area (Å²) in [6, 6.07) is 8.95. The zero-order valence-corrected chi connectivity index (χ0v) is 25.2. The van der Waals surface area contributed by atoms with Gasteiger partial charge in [0.2, 0.25) is 5.75 Å². The molecule has 0 spiro atoms. The van der Waals surface area contributed by atoms with E-state index in [1.807, 2.05) is 18.2 Å². The van der Waals surface area contributed by atoms with E-state index in [1.165, 1.54) is 0 Å². The van der Waals surface area contributed by atoms with Crippen molar-refractivity contribution in [3.05, 3.63) is 74.2 Å². The van der Waals surface area contributed by atoms with Crippen LogP contribution < -0.4 is 14.2 Å². The molecule has 0 unspecified atom stereocenters. The van der Waals surface area contributed by atoms with Gasteiger partial charge in [-0.15, -0.1) is 0 Å². The van der Waals surface area contributed by atoms with Gasteiger partial charge in [0.1, 0.15) is 18.1 Å². The minimum Gasteiger partial charge on any atom is -0.493 e. The van der Waals surface area contributed by atoms with Crippen LogP contribution in [0, 0.1) is 10.8 Å². The highest BCUT2D eigenvalue weighted by atomic mass is 35.5. The van der Waals surface area contributed by atoms with Crippen molar-refractivity contribution < 1.29 is 28.5 Å². The number of methoxy groups -OCH3 is 2. The van der Waals surface area contributed by atoms with Crippen molar-refractivity contribution in [2.24, 2.45) is 10.8 Å². The van der Waals surface area contributed by atoms with E-state index in [-0.39, 0.29) is 29.0 Å². The van der Waals surface area contributed by atoms with Crippen molar-refractivity contribution in [3.63, 3.8) is 0 Å². The van der Waals surface area contributed by atoms with E-state index in [9.17, 15) is 9.59 Å². The summed E-state index contributed by atoms with van der Waals surface area (Å²) in [5.74, 6) is 2.01. The maximum atomic E-state index is 13.6. The number of allylic oxidation sites excluding steroid dienone is 4. The standard InChI is InChI=1S/C32H34Cl2O6/c1-31(2)12-21(35)28-25(14-31)40-26-15-32(3,4)13-22(36)29(26)27(28)18-10-23(37-5)30(24(11-18)38-6)39-16-17-7-8-19(33)20(34)9-17/h7-11,27H,12-16H2,1-6H3. The summed E-state index contributed by atoms with van der Waals surface area (Å²) in [5.41, 5.74) is 2.19. The molecule has 5 rings (SSSR count). The lowest BCUT2D eigenvalue weighted by molar-refractivity contribution is -0.120. The number of rotatable bonds is 6. The zero-order chi connectivity index (χ0) is 29.0. The number of ether oxygens (including phenoxy) is 4. The highest BCUT2D eigenvalue weighted by Gasteiger charge is 2.48. The molecule has 0 aromatic heterocycles. The molecule has 0 radical (unpaired) electrons. The molecule has 40 heavy (non-hydrogen) atoms. The van der Waals surface area contributed by atoms with Crippen molar-refractivity contribution >= 4 is 34.8 Å². The van der Waals surface area contributed by atoms with Gasteiger partial charge in [0.05, 0.1) is 24.3 Å². The average molecular weight is 586 g/mol. The predicted octanol–water partition coefficient (Wildman–Crippen LogP) is 7.99. The van der Waals surface area contributed by atoms with Gasteiger partial charge in [-0.05, 0) is 46.2 Å². The first-order valence-electron chi connectivity index (χ1n) is 13.4. The molecule has 1 aliphatic heterocycles. The van der Waals surface area contributed by atoms with Crippen LogP contribution in [0.4, 0.5) is 0 Å². The van der Waals surface area contributed by atoms with E-state index in [0.717, 1.165) is 11.1 Å². The van der Waals surface area contributed by atoms with Crippen molar-refractivity contribution in [3.8, 4) is 17.2 Å². The van der Waals surface area contributed by atoms with Crippen molar-refractivity contribution in [1.82, 2.24) is 0 Å². The fourth-order valence-electron chi connectivity index (χ4n) is 6.00. The smallest absolute Gasteiger partial charge is 0.203 e. The summed E-state index contributed by atoms with van der Waals surface area (Å²) < 4.78 is 24.1. The monoisotopic (exact) mass is 584 g/mol. The summed E-state index contributed by atoms with van der Waals surface area (Å²) in [7, 11) is 3.10. The fraction of sp³-hybridized carbons (Fsp3) is 0.438. The second-order valence-electron chi connectivity index (χ2n) is 12.4. The number of Topliss-reactive ketones (excluding diaryl/α,β-unsaturated/α-hetero) is 2. The highest BCUT2D eigenvalue weighted by molar-refractivity contribution is 6.42. The number of halogens is 2. The Morgan fingerprint density at radius 2 is 1.32 bits per heavy atom. The maximum Gasteiger partial charge on any atom is 0.203 e. The summed E-state index contributed by atoms with van der Waals surface area (Å²) in [5, 5.41) is 0.899. The Balaban J connectivity index is 1.61. The van der Waals surface area contributed by atoms with Crippen LogP contribution in [0.2, 0.25) is 10.0 Å². The summed E-state index contributed by atoms with van der Waals surface area (Å²) in [6.07, 6.45) is 2.00. The van der Waals surface area contributed by atoms with Gasteiger partial charge in [0.25, 0.3) is 0 Å². The number of carbonyl (C=O) groups is 2. The Hall–Kier alpha value is -2.96. The molecule has 0 atom stereocenters. The third-order valence-electron chi connectivity index (χ3n) is 7.77. The third kappa shape index (κ3) is 5.36. The number of hydrogen-bond donors (Lipinski definition) is 0. The molecule has 8 heteroatoms. The Bertz CT molecular complexity index is 1390. The van der Waals surface area contributed by atoms with Crippen molar-refractivity contribution in [2.45, 2.75) is 65.9 Å². The minimum atomic E-state index is -0.571. The number of hydrogen-bond acceptors (Lipinski definition) is 6. The number of benzene rings is 2. The van der Waals surface area contributed by atoms with Crippen LogP contribution in [0.5, 0.6) is 17.2 Å². The molecule has 212 valence electrons. The molecular formula is C32H34Cl2O6. The van der Waals surface area contributed by atoms with E-state index >= 15 is 0 Å². The molecule has 6 nitrogen and oxygen atoms in total.